The first-order chi connectivity index (χ1) is 16.1. The van der Waals surface area contributed by atoms with Crippen molar-refractivity contribution in [2.75, 3.05) is 11.1 Å². The minimum absolute atomic E-state index is 0.117. The molecule has 2 aliphatic heterocycles. The highest BCUT2D eigenvalue weighted by atomic mass is 32.2. The Morgan fingerprint density at radius 3 is 2.55 bits per heavy atom. The van der Waals surface area contributed by atoms with Gasteiger partial charge in [0.25, 0.3) is 5.91 Å². The summed E-state index contributed by atoms with van der Waals surface area (Å²) in [6.07, 6.45) is 0.521. The second-order valence-electron chi connectivity index (χ2n) is 7.90. The lowest BCUT2D eigenvalue weighted by atomic mass is 10.1. The van der Waals surface area contributed by atoms with Crippen molar-refractivity contribution in [3.63, 3.8) is 0 Å². The van der Waals surface area contributed by atoms with Crippen molar-refractivity contribution in [3.8, 4) is 0 Å². The van der Waals surface area contributed by atoms with Crippen LogP contribution in [0, 0.1) is 6.92 Å². The summed E-state index contributed by atoms with van der Waals surface area (Å²) in [7, 11) is 0. The number of rotatable bonds is 5. The Bertz CT molecular complexity index is 1290. The van der Waals surface area contributed by atoms with Gasteiger partial charge in [-0.15, -0.1) is 0 Å². The number of anilines is 1. The van der Waals surface area contributed by atoms with Crippen LogP contribution in [-0.2, 0) is 16.0 Å². The molecule has 0 saturated heterocycles. The highest BCUT2D eigenvalue weighted by Crippen LogP contribution is 2.34. The van der Waals surface area contributed by atoms with Gasteiger partial charge in [0.1, 0.15) is 11.9 Å². The van der Waals surface area contributed by atoms with E-state index in [2.05, 4.69) is 5.32 Å². The van der Waals surface area contributed by atoms with E-state index in [9.17, 15) is 9.59 Å². The van der Waals surface area contributed by atoms with Crippen LogP contribution in [0.4, 0.5) is 11.4 Å². The zero-order valence-corrected chi connectivity index (χ0v) is 18.9. The van der Waals surface area contributed by atoms with E-state index in [1.54, 1.807) is 4.90 Å². The van der Waals surface area contributed by atoms with Crippen molar-refractivity contribution in [3.05, 3.63) is 95.6 Å². The van der Waals surface area contributed by atoms with Gasteiger partial charge in [-0.25, -0.2) is 9.89 Å². The Morgan fingerprint density at radius 2 is 1.73 bits per heavy atom. The second-order valence-corrected chi connectivity index (χ2v) is 8.84. The molecule has 2 heterocycles. The van der Waals surface area contributed by atoms with Gasteiger partial charge in [0, 0.05) is 17.7 Å². The minimum atomic E-state index is -0.514. The van der Waals surface area contributed by atoms with E-state index in [0.29, 0.717) is 17.4 Å². The molecule has 0 aromatic heterocycles. The van der Waals surface area contributed by atoms with E-state index in [1.165, 1.54) is 11.8 Å². The molecule has 1 N–H and O–H groups in total. The van der Waals surface area contributed by atoms with Crippen molar-refractivity contribution in [2.45, 2.75) is 19.4 Å². The summed E-state index contributed by atoms with van der Waals surface area (Å²) in [5.41, 5.74) is 4.41. The SMILES string of the molecule is Cc1ccccc1NC(=O)CSC1=Nc2ccccc2C2=N[C@@H](Cc3ccccc3)C(=O)N12. The average molecular weight is 455 g/mol. The van der Waals surface area contributed by atoms with Crippen LogP contribution >= 0.6 is 11.8 Å². The maximum Gasteiger partial charge on any atom is 0.259 e. The molecule has 3 aromatic carbocycles. The van der Waals surface area contributed by atoms with Gasteiger partial charge in [0.15, 0.2) is 5.17 Å². The first kappa shape index (κ1) is 21.2. The molecule has 0 radical (unpaired) electrons. The summed E-state index contributed by atoms with van der Waals surface area (Å²) < 4.78 is 0. The number of benzene rings is 3. The third-order valence-electron chi connectivity index (χ3n) is 5.57. The maximum absolute atomic E-state index is 13.4. The molecule has 1 atom stereocenters. The van der Waals surface area contributed by atoms with Crippen LogP contribution in [0.5, 0.6) is 0 Å². The van der Waals surface area contributed by atoms with E-state index >= 15 is 0 Å². The largest absolute Gasteiger partial charge is 0.325 e. The Hall–Kier alpha value is -3.71. The molecule has 0 saturated carbocycles. The van der Waals surface area contributed by atoms with Crippen molar-refractivity contribution in [1.82, 2.24) is 4.90 Å². The predicted molar refractivity (Wildman–Crippen MR) is 133 cm³/mol. The molecule has 0 spiro atoms. The Morgan fingerprint density at radius 1 is 1.00 bits per heavy atom. The summed E-state index contributed by atoms with van der Waals surface area (Å²) in [6.45, 7) is 1.95. The predicted octanol–water partition coefficient (Wildman–Crippen LogP) is 4.57. The molecule has 3 aromatic rings. The van der Waals surface area contributed by atoms with Crippen LogP contribution in [0.15, 0.2) is 88.8 Å². The normalized spacial score (nSPS) is 16.6. The molecule has 7 heteroatoms. The van der Waals surface area contributed by atoms with Gasteiger partial charge in [-0.2, -0.15) is 0 Å². The van der Waals surface area contributed by atoms with E-state index in [0.717, 1.165) is 28.1 Å². The number of amidine groups is 2. The van der Waals surface area contributed by atoms with Crippen LogP contribution in [-0.4, -0.2) is 39.5 Å². The summed E-state index contributed by atoms with van der Waals surface area (Å²) in [5.74, 6) is 0.472. The summed E-state index contributed by atoms with van der Waals surface area (Å²) in [5, 5.41) is 3.41. The summed E-state index contributed by atoms with van der Waals surface area (Å²) in [4.78, 5) is 37.0. The zero-order valence-electron chi connectivity index (χ0n) is 18.1. The van der Waals surface area contributed by atoms with Gasteiger partial charge in [-0.05, 0) is 36.2 Å². The summed E-state index contributed by atoms with van der Waals surface area (Å²) >= 11 is 1.24. The third-order valence-corrected chi connectivity index (χ3v) is 6.51. The van der Waals surface area contributed by atoms with Gasteiger partial charge in [0.05, 0.1) is 11.4 Å². The number of carbonyl (C=O) groups excluding carboxylic acids is 2. The smallest absolute Gasteiger partial charge is 0.259 e. The molecular formula is C26H22N4O2S. The molecule has 33 heavy (non-hydrogen) atoms. The lowest BCUT2D eigenvalue weighted by Crippen LogP contribution is -2.41. The van der Waals surface area contributed by atoms with E-state index in [1.807, 2.05) is 85.8 Å². The van der Waals surface area contributed by atoms with E-state index in [4.69, 9.17) is 9.98 Å². The van der Waals surface area contributed by atoms with Gasteiger partial charge in [0.2, 0.25) is 5.91 Å². The second kappa shape index (κ2) is 9.03. The van der Waals surface area contributed by atoms with Crippen molar-refractivity contribution >= 4 is 46.0 Å². The first-order valence-electron chi connectivity index (χ1n) is 10.7. The number of fused-ring (bicyclic) bond motifs is 3. The van der Waals surface area contributed by atoms with Crippen molar-refractivity contribution in [2.24, 2.45) is 9.98 Å². The molecule has 6 nitrogen and oxygen atoms in total. The number of thioether (sulfide) groups is 1. The van der Waals surface area contributed by atoms with Gasteiger partial charge in [-0.1, -0.05) is 72.4 Å². The highest BCUT2D eigenvalue weighted by molar-refractivity contribution is 8.14. The zero-order chi connectivity index (χ0) is 22.8. The number of nitrogens with one attached hydrogen (secondary N) is 1. The monoisotopic (exact) mass is 454 g/mol. The quantitative estimate of drug-likeness (QED) is 0.614. The molecule has 0 unspecified atom stereocenters. The highest BCUT2D eigenvalue weighted by Gasteiger charge is 2.41. The van der Waals surface area contributed by atoms with Crippen LogP contribution in [0.2, 0.25) is 0 Å². The number of amides is 2. The lowest BCUT2D eigenvalue weighted by molar-refractivity contribution is -0.124. The Kier molecular flexibility index (Phi) is 5.79. The summed E-state index contributed by atoms with van der Waals surface area (Å²) in [6, 6.07) is 24.6. The number of hydrogen-bond acceptors (Lipinski definition) is 5. The molecule has 164 valence electrons. The fourth-order valence-corrected chi connectivity index (χ4v) is 4.70. The fourth-order valence-electron chi connectivity index (χ4n) is 3.90. The molecule has 0 fully saturated rings. The number of carbonyl (C=O) groups is 2. The fraction of sp³-hybridized carbons (Fsp3) is 0.154. The number of para-hydroxylation sites is 2. The minimum Gasteiger partial charge on any atom is -0.325 e. The van der Waals surface area contributed by atoms with Gasteiger partial charge in [-0.3, -0.25) is 14.6 Å². The van der Waals surface area contributed by atoms with E-state index < -0.39 is 6.04 Å². The standard InChI is InChI=1S/C26H22N4O2S/c1-17-9-5-7-13-20(17)27-23(31)16-33-26-29-21-14-8-6-12-19(21)24-28-22(25(32)30(24)26)15-18-10-3-2-4-11-18/h2-14,22H,15-16H2,1H3,(H,27,31)/t22-/m0/s1. The number of nitrogens with zero attached hydrogens (tertiary/aromatic N) is 3. The van der Waals surface area contributed by atoms with E-state index in [-0.39, 0.29) is 17.6 Å². The topological polar surface area (TPSA) is 74.1 Å². The van der Waals surface area contributed by atoms with Crippen LogP contribution in [0.3, 0.4) is 0 Å². The maximum atomic E-state index is 13.4. The number of aryl methyl sites for hydroxylation is 1. The number of hydrogen-bond donors (Lipinski definition) is 1. The third kappa shape index (κ3) is 4.32. The Labute approximate surface area is 196 Å². The van der Waals surface area contributed by atoms with Crippen LogP contribution in [0.25, 0.3) is 0 Å². The lowest BCUT2D eigenvalue weighted by Gasteiger charge is -2.25. The van der Waals surface area contributed by atoms with Gasteiger partial charge < -0.3 is 5.32 Å². The Balaban J connectivity index is 1.37. The van der Waals surface area contributed by atoms with Crippen LogP contribution in [0.1, 0.15) is 16.7 Å². The molecule has 2 amide bonds. The molecule has 5 rings (SSSR count). The molecule has 2 aliphatic rings. The average Bonchev–Trinajstić information content (AvgIpc) is 3.16. The van der Waals surface area contributed by atoms with Gasteiger partial charge >= 0.3 is 0 Å². The van der Waals surface area contributed by atoms with Crippen molar-refractivity contribution in [1.29, 1.82) is 0 Å². The molecular weight excluding hydrogens is 432 g/mol. The molecule has 0 aliphatic carbocycles. The van der Waals surface area contributed by atoms with Crippen LogP contribution < -0.4 is 5.32 Å². The number of aliphatic imine (C=N–C) groups is 2. The first-order valence-corrected chi connectivity index (χ1v) is 11.7. The van der Waals surface area contributed by atoms with Crippen molar-refractivity contribution < 1.29 is 9.59 Å². The molecule has 0 bridgehead atoms.